The predicted octanol–water partition coefficient (Wildman–Crippen LogP) is 1.03. The Bertz CT molecular complexity index is 440. The van der Waals surface area contributed by atoms with Crippen LogP contribution in [0.4, 0.5) is 0 Å². The van der Waals surface area contributed by atoms with E-state index in [0.29, 0.717) is 0 Å². The molecule has 0 fully saturated rings. The first-order valence-electron chi connectivity index (χ1n) is 5.23. The number of hydrogen-bond donors (Lipinski definition) is 1. The summed E-state index contributed by atoms with van der Waals surface area (Å²) in [4.78, 5) is 10.6. The van der Waals surface area contributed by atoms with Crippen LogP contribution in [0.5, 0.6) is 0 Å². The number of hydrogen-bond acceptors (Lipinski definition) is 5. The molecule has 0 aliphatic carbocycles. The summed E-state index contributed by atoms with van der Waals surface area (Å²) in [5.74, 6) is 0.816. The number of aromatic nitrogens is 5. The summed E-state index contributed by atoms with van der Waals surface area (Å²) in [6.07, 6.45) is 6.12. The lowest BCUT2D eigenvalue weighted by molar-refractivity contribution is 0.321. The van der Waals surface area contributed by atoms with Gasteiger partial charge in [-0.1, -0.05) is 0 Å². The predicted molar refractivity (Wildman–Crippen MR) is 66.2 cm³/mol. The van der Waals surface area contributed by atoms with Gasteiger partial charge in [0, 0.05) is 25.4 Å². The van der Waals surface area contributed by atoms with Crippen LogP contribution in [-0.2, 0) is 13.0 Å². The highest BCUT2D eigenvalue weighted by Gasteiger charge is 2.04. The summed E-state index contributed by atoms with van der Waals surface area (Å²) >= 11 is 3.31. The number of halogens is 1. The van der Waals surface area contributed by atoms with Gasteiger partial charge in [0.05, 0.1) is 22.9 Å². The van der Waals surface area contributed by atoms with Crippen LogP contribution in [0.3, 0.4) is 0 Å². The Hall–Kier alpha value is -1.34. The van der Waals surface area contributed by atoms with Crippen molar-refractivity contribution in [3.8, 4) is 0 Å². The van der Waals surface area contributed by atoms with Gasteiger partial charge in [-0.2, -0.15) is 15.4 Å². The summed E-state index contributed by atoms with van der Waals surface area (Å²) in [5, 5.41) is 10.4. The second-order valence-corrected chi connectivity index (χ2v) is 4.68. The Kier molecular flexibility index (Phi) is 4.16. The number of nitrogens with one attached hydrogen (secondary N) is 1. The highest BCUT2D eigenvalue weighted by atomic mass is 79.9. The third kappa shape index (κ3) is 3.86. The van der Waals surface area contributed by atoms with Crippen molar-refractivity contribution in [3.05, 3.63) is 34.6 Å². The minimum atomic E-state index is 0.727. The summed E-state index contributed by atoms with van der Waals surface area (Å²) in [5.41, 5.74) is 0.966. The van der Waals surface area contributed by atoms with Crippen molar-refractivity contribution in [2.24, 2.45) is 0 Å². The van der Waals surface area contributed by atoms with E-state index in [9.17, 15) is 0 Å². The maximum absolute atomic E-state index is 4.23. The van der Waals surface area contributed by atoms with E-state index in [2.05, 4.69) is 46.2 Å². The lowest BCUT2D eigenvalue weighted by Gasteiger charge is -2.14. The van der Waals surface area contributed by atoms with Gasteiger partial charge in [0.1, 0.15) is 5.82 Å². The van der Waals surface area contributed by atoms with E-state index in [1.54, 1.807) is 18.6 Å². The Morgan fingerprint density at radius 3 is 2.71 bits per heavy atom. The van der Waals surface area contributed by atoms with Crippen molar-refractivity contribution in [3.63, 3.8) is 0 Å². The SMILES string of the molecule is CN(CCc1cn[nH]n1)Cc1ncc(Br)cn1. The highest BCUT2D eigenvalue weighted by Crippen LogP contribution is 2.05. The molecular weight excluding hydrogens is 284 g/mol. The Morgan fingerprint density at radius 1 is 1.29 bits per heavy atom. The maximum Gasteiger partial charge on any atom is 0.142 e. The molecule has 0 saturated carbocycles. The third-order valence-electron chi connectivity index (χ3n) is 2.30. The number of likely N-dealkylation sites (N-methyl/N-ethyl adjacent to an activating group) is 1. The van der Waals surface area contributed by atoms with E-state index in [4.69, 9.17) is 0 Å². The van der Waals surface area contributed by atoms with Gasteiger partial charge in [-0.05, 0) is 23.0 Å². The maximum atomic E-state index is 4.23. The van der Waals surface area contributed by atoms with E-state index in [-0.39, 0.29) is 0 Å². The second kappa shape index (κ2) is 5.83. The van der Waals surface area contributed by atoms with Crippen LogP contribution in [-0.4, -0.2) is 43.9 Å². The molecule has 7 heteroatoms. The minimum Gasteiger partial charge on any atom is -0.299 e. The molecule has 0 radical (unpaired) electrons. The average molecular weight is 297 g/mol. The molecule has 0 aliphatic rings. The summed E-state index contributed by atoms with van der Waals surface area (Å²) in [6.45, 7) is 1.62. The average Bonchev–Trinajstić information content (AvgIpc) is 2.83. The first-order valence-corrected chi connectivity index (χ1v) is 6.03. The van der Waals surface area contributed by atoms with Crippen LogP contribution in [0.2, 0.25) is 0 Å². The van der Waals surface area contributed by atoms with Crippen molar-refractivity contribution in [2.45, 2.75) is 13.0 Å². The standard InChI is InChI=1S/C10H13BrN6/c1-17(3-2-9-6-14-16-15-9)7-10-12-4-8(11)5-13-10/h4-6H,2-3,7H2,1H3,(H,14,15,16). The van der Waals surface area contributed by atoms with Crippen molar-refractivity contribution in [1.29, 1.82) is 0 Å². The fraction of sp³-hybridized carbons (Fsp3) is 0.400. The molecule has 90 valence electrons. The van der Waals surface area contributed by atoms with Gasteiger partial charge in [0.2, 0.25) is 0 Å². The van der Waals surface area contributed by atoms with Crippen LogP contribution >= 0.6 is 15.9 Å². The molecule has 2 aromatic heterocycles. The molecule has 1 N–H and O–H groups in total. The minimum absolute atomic E-state index is 0.727. The van der Waals surface area contributed by atoms with Gasteiger partial charge >= 0.3 is 0 Å². The van der Waals surface area contributed by atoms with E-state index < -0.39 is 0 Å². The lowest BCUT2D eigenvalue weighted by Crippen LogP contribution is -2.22. The zero-order valence-electron chi connectivity index (χ0n) is 9.47. The van der Waals surface area contributed by atoms with Crippen LogP contribution in [0.15, 0.2) is 23.1 Å². The molecular formula is C10H13BrN6. The van der Waals surface area contributed by atoms with Gasteiger partial charge in [0.25, 0.3) is 0 Å². The molecule has 2 heterocycles. The topological polar surface area (TPSA) is 70.6 Å². The van der Waals surface area contributed by atoms with Crippen LogP contribution in [0.25, 0.3) is 0 Å². The quantitative estimate of drug-likeness (QED) is 0.892. The number of nitrogens with zero attached hydrogens (tertiary/aromatic N) is 5. The molecule has 17 heavy (non-hydrogen) atoms. The third-order valence-corrected chi connectivity index (χ3v) is 2.71. The van der Waals surface area contributed by atoms with Gasteiger partial charge in [-0.25, -0.2) is 9.97 Å². The smallest absolute Gasteiger partial charge is 0.142 e. The van der Waals surface area contributed by atoms with Crippen LogP contribution < -0.4 is 0 Å². The van der Waals surface area contributed by atoms with Gasteiger partial charge in [0.15, 0.2) is 0 Å². The van der Waals surface area contributed by atoms with Crippen molar-refractivity contribution >= 4 is 15.9 Å². The zero-order chi connectivity index (χ0) is 12.1. The van der Waals surface area contributed by atoms with Gasteiger partial charge < -0.3 is 0 Å². The Balaban J connectivity index is 1.80. The molecule has 0 aromatic carbocycles. The molecule has 0 spiro atoms. The van der Waals surface area contributed by atoms with Crippen molar-refractivity contribution in [2.75, 3.05) is 13.6 Å². The summed E-state index contributed by atoms with van der Waals surface area (Å²) < 4.78 is 0.895. The molecule has 0 atom stereocenters. The van der Waals surface area contributed by atoms with Crippen molar-refractivity contribution < 1.29 is 0 Å². The van der Waals surface area contributed by atoms with Gasteiger partial charge in [-0.3, -0.25) is 4.90 Å². The number of rotatable bonds is 5. The second-order valence-electron chi connectivity index (χ2n) is 3.77. The highest BCUT2D eigenvalue weighted by molar-refractivity contribution is 9.10. The van der Waals surface area contributed by atoms with Gasteiger partial charge in [-0.15, -0.1) is 0 Å². The largest absolute Gasteiger partial charge is 0.299 e. The zero-order valence-corrected chi connectivity index (χ0v) is 11.1. The molecule has 2 aromatic rings. The monoisotopic (exact) mass is 296 g/mol. The summed E-state index contributed by atoms with van der Waals surface area (Å²) in [7, 11) is 2.03. The van der Waals surface area contributed by atoms with Crippen LogP contribution in [0.1, 0.15) is 11.5 Å². The summed E-state index contributed by atoms with van der Waals surface area (Å²) in [6, 6.07) is 0. The van der Waals surface area contributed by atoms with Crippen LogP contribution in [0, 0.1) is 0 Å². The van der Waals surface area contributed by atoms with E-state index in [1.807, 2.05) is 7.05 Å². The lowest BCUT2D eigenvalue weighted by atomic mass is 10.3. The number of aromatic amines is 1. The molecule has 2 rings (SSSR count). The molecule has 0 saturated heterocycles. The Labute approximate surface area is 108 Å². The van der Waals surface area contributed by atoms with E-state index in [1.165, 1.54) is 0 Å². The fourth-order valence-corrected chi connectivity index (χ4v) is 1.60. The molecule has 0 unspecified atom stereocenters. The first-order chi connectivity index (χ1) is 8.24. The molecule has 0 bridgehead atoms. The van der Waals surface area contributed by atoms with Crippen molar-refractivity contribution in [1.82, 2.24) is 30.3 Å². The first kappa shape index (κ1) is 12.1. The Morgan fingerprint density at radius 2 is 2.06 bits per heavy atom. The van der Waals surface area contributed by atoms with E-state index >= 15 is 0 Å². The molecule has 6 nitrogen and oxygen atoms in total. The fourth-order valence-electron chi connectivity index (χ4n) is 1.39. The van der Waals surface area contributed by atoms with E-state index in [0.717, 1.165) is 35.5 Å². The molecule has 0 aliphatic heterocycles. The number of H-pyrrole nitrogens is 1. The normalized spacial score (nSPS) is 11.0. The molecule has 0 amide bonds.